The molecule has 0 saturated heterocycles. The highest BCUT2D eigenvalue weighted by atomic mass is 16.5. The van der Waals surface area contributed by atoms with Gasteiger partial charge in [0.05, 0.1) is 14.2 Å². The van der Waals surface area contributed by atoms with Crippen molar-refractivity contribution in [1.82, 2.24) is 0 Å². The summed E-state index contributed by atoms with van der Waals surface area (Å²) in [5, 5.41) is 11.2. The van der Waals surface area contributed by atoms with Crippen LogP contribution in [0.3, 0.4) is 0 Å². The number of hydrogen-bond donors (Lipinski definition) is 1. The van der Waals surface area contributed by atoms with Gasteiger partial charge >= 0.3 is 5.97 Å². The SMILES string of the molecule is COc1c(OC)c(C(C)C)c2cc(C)ccc2c1C(=O)O. The lowest BCUT2D eigenvalue weighted by Crippen LogP contribution is -2.07. The van der Waals surface area contributed by atoms with Gasteiger partial charge in [-0.15, -0.1) is 0 Å². The Bertz CT molecular complexity index is 702. The fraction of sp³-hybridized carbons (Fsp3) is 0.353. The lowest BCUT2D eigenvalue weighted by molar-refractivity contribution is 0.0695. The van der Waals surface area contributed by atoms with Crippen LogP contribution in [0.1, 0.15) is 41.3 Å². The van der Waals surface area contributed by atoms with Crippen LogP contribution in [0.25, 0.3) is 10.8 Å². The molecule has 0 bridgehead atoms. The summed E-state index contributed by atoms with van der Waals surface area (Å²) in [4.78, 5) is 11.7. The Balaban J connectivity index is 3.08. The van der Waals surface area contributed by atoms with Gasteiger partial charge in [-0.1, -0.05) is 37.6 Å². The molecule has 2 rings (SSSR count). The van der Waals surface area contributed by atoms with Gasteiger partial charge in [0.25, 0.3) is 0 Å². The highest BCUT2D eigenvalue weighted by molar-refractivity contribution is 6.09. The molecule has 2 aromatic rings. The lowest BCUT2D eigenvalue weighted by atomic mass is 9.90. The van der Waals surface area contributed by atoms with Crippen LogP contribution in [0.2, 0.25) is 0 Å². The van der Waals surface area contributed by atoms with Gasteiger partial charge < -0.3 is 14.6 Å². The van der Waals surface area contributed by atoms with Crippen LogP contribution in [-0.2, 0) is 0 Å². The molecule has 0 aliphatic rings. The van der Waals surface area contributed by atoms with E-state index in [9.17, 15) is 9.90 Å². The van der Waals surface area contributed by atoms with Crippen molar-refractivity contribution in [3.63, 3.8) is 0 Å². The molecular formula is C17H20O4. The van der Waals surface area contributed by atoms with Gasteiger partial charge in [0.1, 0.15) is 5.56 Å². The lowest BCUT2D eigenvalue weighted by Gasteiger charge is -2.21. The Morgan fingerprint density at radius 1 is 1.10 bits per heavy atom. The second-order valence-electron chi connectivity index (χ2n) is 5.36. The smallest absolute Gasteiger partial charge is 0.340 e. The molecule has 0 radical (unpaired) electrons. The van der Waals surface area contributed by atoms with Gasteiger partial charge in [0.15, 0.2) is 11.5 Å². The molecule has 0 aliphatic heterocycles. The van der Waals surface area contributed by atoms with Crippen LogP contribution in [-0.4, -0.2) is 25.3 Å². The molecule has 112 valence electrons. The van der Waals surface area contributed by atoms with Crippen molar-refractivity contribution in [1.29, 1.82) is 0 Å². The molecule has 0 fully saturated rings. The number of rotatable bonds is 4. The minimum atomic E-state index is -1.02. The average Bonchev–Trinajstić information content (AvgIpc) is 2.43. The van der Waals surface area contributed by atoms with Crippen molar-refractivity contribution in [2.75, 3.05) is 14.2 Å². The van der Waals surface area contributed by atoms with Crippen LogP contribution in [0.4, 0.5) is 0 Å². The van der Waals surface area contributed by atoms with E-state index in [4.69, 9.17) is 9.47 Å². The maximum absolute atomic E-state index is 11.7. The van der Waals surface area contributed by atoms with E-state index in [1.165, 1.54) is 14.2 Å². The van der Waals surface area contributed by atoms with E-state index in [-0.39, 0.29) is 17.2 Å². The number of methoxy groups -OCH3 is 2. The maximum Gasteiger partial charge on any atom is 0.340 e. The van der Waals surface area contributed by atoms with Crippen LogP contribution in [0, 0.1) is 6.92 Å². The van der Waals surface area contributed by atoms with Gasteiger partial charge in [-0.3, -0.25) is 0 Å². The van der Waals surface area contributed by atoms with Gasteiger partial charge in [-0.2, -0.15) is 0 Å². The third-order valence-electron chi connectivity index (χ3n) is 3.61. The van der Waals surface area contributed by atoms with Crippen LogP contribution < -0.4 is 9.47 Å². The first-order chi connectivity index (χ1) is 9.92. The first kappa shape index (κ1) is 15.2. The topological polar surface area (TPSA) is 55.8 Å². The summed E-state index contributed by atoms with van der Waals surface area (Å²) < 4.78 is 10.8. The second-order valence-corrected chi connectivity index (χ2v) is 5.36. The molecule has 21 heavy (non-hydrogen) atoms. The van der Waals surface area contributed by atoms with Gasteiger partial charge in [0.2, 0.25) is 0 Å². The van der Waals surface area contributed by atoms with E-state index >= 15 is 0 Å². The number of ether oxygens (including phenoxy) is 2. The monoisotopic (exact) mass is 288 g/mol. The minimum absolute atomic E-state index is 0.147. The summed E-state index contributed by atoms with van der Waals surface area (Å²) in [6.45, 7) is 6.10. The Hall–Kier alpha value is -2.23. The Kier molecular flexibility index (Phi) is 4.07. The molecular weight excluding hydrogens is 268 g/mol. The summed E-state index contributed by atoms with van der Waals surface area (Å²) in [5.41, 5.74) is 2.19. The van der Waals surface area contributed by atoms with Crippen LogP contribution in [0.15, 0.2) is 18.2 Å². The molecule has 4 heteroatoms. The number of carboxylic acids is 1. The largest absolute Gasteiger partial charge is 0.493 e. The van der Waals surface area contributed by atoms with E-state index in [1.54, 1.807) is 0 Å². The average molecular weight is 288 g/mol. The fourth-order valence-corrected chi connectivity index (χ4v) is 2.76. The number of hydrogen-bond acceptors (Lipinski definition) is 3. The zero-order valence-corrected chi connectivity index (χ0v) is 13.0. The normalized spacial score (nSPS) is 11.0. The van der Waals surface area contributed by atoms with Gasteiger partial charge in [0, 0.05) is 10.9 Å². The predicted octanol–water partition coefficient (Wildman–Crippen LogP) is 3.99. The van der Waals surface area contributed by atoms with Crippen molar-refractivity contribution in [2.45, 2.75) is 26.7 Å². The van der Waals surface area contributed by atoms with Crippen molar-refractivity contribution < 1.29 is 19.4 Å². The Morgan fingerprint density at radius 2 is 1.71 bits per heavy atom. The molecule has 4 nitrogen and oxygen atoms in total. The quantitative estimate of drug-likeness (QED) is 0.924. The predicted molar refractivity (Wildman–Crippen MR) is 82.8 cm³/mol. The number of carbonyl (C=O) groups is 1. The molecule has 0 atom stereocenters. The summed E-state index contributed by atoms with van der Waals surface area (Å²) in [5.74, 6) is -0.0524. The maximum atomic E-state index is 11.7. The third-order valence-corrected chi connectivity index (χ3v) is 3.61. The van der Waals surface area contributed by atoms with Crippen molar-refractivity contribution >= 4 is 16.7 Å². The highest BCUT2D eigenvalue weighted by Crippen LogP contribution is 2.45. The van der Waals surface area contributed by atoms with E-state index < -0.39 is 5.97 Å². The fourth-order valence-electron chi connectivity index (χ4n) is 2.76. The molecule has 0 unspecified atom stereocenters. The number of carboxylic acid groups (broad SMARTS) is 1. The van der Waals surface area contributed by atoms with Crippen molar-refractivity contribution in [3.05, 3.63) is 34.9 Å². The Morgan fingerprint density at radius 3 is 2.19 bits per heavy atom. The summed E-state index contributed by atoms with van der Waals surface area (Å²) in [6.07, 6.45) is 0. The summed E-state index contributed by atoms with van der Waals surface area (Å²) >= 11 is 0. The second kappa shape index (κ2) is 5.64. The molecule has 0 saturated carbocycles. The van der Waals surface area contributed by atoms with Gasteiger partial charge in [-0.25, -0.2) is 4.79 Å². The standard InChI is InChI=1S/C17H20O4/c1-9(2)13-12-8-10(3)6-7-11(12)14(17(18)19)16(21-5)15(13)20-4/h6-9H,1-5H3,(H,18,19). The minimum Gasteiger partial charge on any atom is -0.493 e. The molecule has 0 spiro atoms. The van der Waals surface area contributed by atoms with E-state index in [1.807, 2.05) is 25.1 Å². The van der Waals surface area contributed by atoms with E-state index in [2.05, 4.69) is 13.8 Å². The number of aryl methyl sites for hydroxylation is 1. The summed E-state index contributed by atoms with van der Waals surface area (Å²) in [7, 11) is 3.01. The van der Waals surface area contributed by atoms with Crippen LogP contribution in [0.5, 0.6) is 11.5 Å². The molecule has 0 amide bonds. The first-order valence-electron chi connectivity index (χ1n) is 6.83. The summed E-state index contributed by atoms with van der Waals surface area (Å²) in [6, 6.07) is 5.74. The Labute approximate surface area is 124 Å². The van der Waals surface area contributed by atoms with E-state index in [0.717, 1.165) is 16.5 Å². The molecule has 0 aromatic heterocycles. The highest BCUT2D eigenvalue weighted by Gasteiger charge is 2.26. The van der Waals surface area contributed by atoms with Crippen molar-refractivity contribution in [2.24, 2.45) is 0 Å². The zero-order chi connectivity index (χ0) is 15.7. The van der Waals surface area contributed by atoms with Crippen LogP contribution >= 0.6 is 0 Å². The molecule has 1 N–H and O–H groups in total. The zero-order valence-electron chi connectivity index (χ0n) is 13.0. The molecule has 0 aliphatic carbocycles. The number of fused-ring (bicyclic) bond motifs is 1. The number of benzene rings is 2. The van der Waals surface area contributed by atoms with Gasteiger partial charge in [-0.05, 0) is 18.2 Å². The third kappa shape index (κ3) is 2.42. The number of aromatic carboxylic acids is 1. The van der Waals surface area contributed by atoms with Crippen molar-refractivity contribution in [3.8, 4) is 11.5 Å². The molecule has 0 heterocycles. The molecule has 2 aromatic carbocycles. The first-order valence-corrected chi connectivity index (χ1v) is 6.83. The van der Waals surface area contributed by atoms with E-state index in [0.29, 0.717) is 11.1 Å².